The molecule has 0 saturated heterocycles. The predicted molar refractivity (Wildman–Crippen MR) is 81.0 cm³/mol. The van der Waals surface area contributed by atoms with Crippen LogP contribution in [0, 0.1) is 0 Å². The van der Waals surface area contributed by atoms with E-state index in [9.17, 15) is 4.79 Å². The summed E-state index contributed by atoms with van der Waals surface area (Å²) in [5.74, 6) is 1.42. The number of nitrogens with one attached hydrogen (secondary N) is 1. The van der Waals surface area contributed by atoms with E-state index in [0.717, 1.165) is 32.7 Å². The van der Waals surface area contributed by atoms with E-state index in [0.29, 0.717) is 6.42 Å². The molecule has 0 rings (SSSR count). The largest absolute Gasteiger partial charge is 0.315 e. The van der Waals surface area contributed by atoms with E-state index in [1.807, 2.05) is 11.8 Å². The molecular weight excluding hydrogens is 246 g/mol. The van der Waals surface area contributed by atoms with Crippen LogP contribution < -0.4 is 5.32 Å². The molecule has 108 valence electrons. The number of nitrogens with zero attached hydrogens (tertiary/aromatic N) is 2. The van der Waals surface area contributed by atoms with Gasteiger partial charge < -0.3 is 5.32 Å². The van der Waals surface area contributed by atoms with Crippen molar-refractivity contribution in [1.29, 1.82) is 0 Å². The Morgan fingerprint density at radius 3 is 2.50 bits per heavy atom. The number of carbonyl (C=O) groups is 1. The summed E-state index contributed by atoms with van der Waals surface area (Å²) >= 11 is 1.89. The van der Waals surface area contributed by atoms with Crippen molar-refractivity contribution < 1.29 is 4.79 Å². The molecule has 0 unspecified atom stereocenters. The molecule has 0 aromatic carbocycles. The Labute approximate surface area is 116 Å². The molecule has 0 amide bonds. The van der Waals surface area contributed by atoms with Crippen molar-refractivity contribution in [3.05, 3.63) is 0 Å². The van der Waals surface area contributed by atoms with Crippen LogP contribution in [-0.4, -0.2) is 67.6 Å². The number of rotatable bonds is 12. The first-order valence-electron chi connectivity index (χ1n) is 6.76. The van der Waals surface area contributed by atoms with E-state index in [4.69, 9.17) is 0 Å². The molecule has 0 saturated carbocycles. The average Bonchev–Trinajstić information content (AvgIpc) is 2.33. The Kier molecular flexibility index (Phi) is 11.9. The second-order valence-corrected chi connectivity index (χ2v) is 5.52. The maximum atomic E-state index is 10.8. The molecule has 0 spiro atoms. The Balaban J connectivity index is 3.72. The molecular formula is C13H29N3OS. The third kappa shape index (κ3) is 9.88. The molecule has 1 N–H and O–H groups in total. The maximum Gasteiger partial charge on any atom is 0.131 e. The molecule has 0 bridgehead atoms. The number of hydrogen-bond acceptors (Lipinski definition) is 5. The molecule has 18 heavy (non-hydrogen) atoms. The van der Waals surface area contributed by atoms with Crippen molar-refractivity contribution >= 4 is 17.5 Å². The fourth-order valence-electron chi connectivity index (χ4n) is 1.68. The Morgan fingerprint density at radius 2 is 1.94 bits per heavy atom. The highest BCUT2D eigenvalue weighted by Gasteiger charge is 2.08. The van der Waals surface area contributed by atoms with Crippen molar-refractivity contribution in [2.75, 3.05) is 51.8 Å². The van der Waals surface area contributed by atoms with E-state index >= 15 is 0 Å². The molecule has 0 aliphatic heterocycles. The Bertz CT molecular complexity index is 214. The Morgan fingerprint density at radius 1 is 1.22 bits per heavy atom. The fraction of sp³-hybridized carbons (Fsp3) is 0.923. The van der Waals surface area contributed by atoms with Gasteiger partial charge in [0, 0.05) is 51.9 Å². The lowest BCUT2D eigenvalue weighted by Gasteiger charge is -2.31. The van der Waals surface area contributed by atoms with Gasteiger partial charge in [0.2, 0.25) is 0 Å². The summed E-state index contributed by atoms with van der Waals surface area (Å²) in [7, 11) is 2.14. The predicted octanol–water partition coefficient (Wildman–Crippen LogP) is 1.48. The van der Waals surface area contributed by atoms with E-state index in [1.54, 1.807) is 6.92 Å². The standard InChI is InChI=1S/C13H29N3OS/c1-5-9-16(11-12-18-4)15(3)10-8-14-7-6-13(2)17/h14H,5-12H2,1-4H3. The smallest absolute Gasteiger partial charge is 0.131 e. The molecule has 0 heterocycles. The van der Waals surface area contributed by atoms with Gasteiger partial charge in [-0.05, 0) is 19.6 Å². The number of thioether (sulfide) groups is 1. The summed E-state index contributed by atoms with van der Waals surface area (Å²) < 4.78 is 0. The molecule has 0 aliphatic carbocycles. The highest BCUT2D eigenvalue weighted by atomic mass is 32.2. The van der Waals surface area contributed by atoms with Gasteiger partial charge in [0.15, 0.2) is 0 Å². The zero-order valence-electron chi connectivity index (χ0n) is 12.4. The first-order chi connectivity index (χ1) is 8.61. The van der Waals surface area contributed by atoms with Crippen molar-refractivity contribution in [1.82, 2.24) is 15.3 Å². The van der Waals surface area contributed by atoms with E-state index in [1.165, 1.54) is 12.2 Å². The molecule has 0 aromatic rings. The number of likely N-dealkylation sites (N-methyl/N-ethyl adjacent to an activating group) is 1. The van der Waals surface area contributed by atoms with E-state index in [-0.39, 0.29) is 5.78 Å². The van der Waals surface area contributed by atoms with Crippen molar-refractivity contribution in [2.45, 2.75) is 26.7 Å². The van der Waals surface area contributed by atoms with Crippen molar-refractivity contribution in [2.24, 2.45) is 0 Å². The molecule has 0 aliphatic rings. The summed E-state index contributed by atoms with van der Waals surface area (Å²) in [5, 5.41) is 8.00. The maximum absolute atomic E-state index is 10.8. The van der Waals surface area contributed by atoms with Gasteiger partial charge in [-0.1, -0.05) is 6.92 Å². The summed E-state index contributed by atoms with van der Waals surface area (Å²) in [5.41, 5.74) is 0. The zero-order valence-corrected chi connectivity index (χ0v) is 13.2. The third-order valence-corrected chi connectivity index (χ3v) is 3.37. The van der Waals surface area contributed by atoms with Crippen molar-refractivity contribution in [3.63, 3.8) is 0 Å². The minimum absolute atomic E-state index is 0.253. The second kappa shape index (κ2) is 12.0. The van der Waals surface area contributed by atoms with Crippen LogP contribution in [0.5, 0.6) is 0 Å². The summed E-state index contributed by atoms with van der Waals surface area (Å²) in [6, 6.07) is 0. The van der Waals surface area contributed by atoms with Gasteiger partial charge in [0.05, 0.1) is 0 Å². The lowest BCUT2D eigenvalue weighted by atomic mass is 10.3. The molecule has 4 nitrogen and oxygen atoms in total. The highest BCUT2D eigenvalue weighted by Crippen LogP contribution is 2.00. The van der Waals surface area contributed by atoms with Crippen LogP contribution in [0.15, 0.2) is 0 Å². The number of hydrogen-bond donors (Lipinski definition) is 1. The van der Waals surface area contributed by atoms with Gasteiger partial charge in [-0.15, -0.1) is 0 Å². The lowest BCUT2D eigenvalue weighted by Crippen LogP contribution is -2.44. The SMILES string of the molecule is CCCN(CCSC)N(C)CCNCCC(C)=O. The van der Waals surface area contributed by atoms with Crippen LogP contribution in [0.2, 0.25) is 0 Å². The van der Waals surface area contributed by atoms with Crippen LogP contribution in [-0.2, 0) is 4.79 Å². The first kappa shape index (κ1) is 17.9. The third-order valence-electron chi connectivity index (χ3n) is 2.78. The summed E-state index contributed by atoms with van der Waals surface area (Å²) in [6.07, 6.45) is 3.96. The zero-order chi connectivity index (χ0) is 13.8. The number of carbonyl (C=O) groups excluding carboxylic acids is 1. The van der Waals surface area contributed by atoms with Crippen LogP contribution in [0.4, 0.5) is 0 Å². The fourth-order valence-corrected chi connectivity index (χ4v) is 2.07. The molecule has 0 aromatic heterocycles. The van der Waals surface area contributed by atoms with Gasteiger partial charge >= 0.3 is 0 Å². The van der Waals surface area contributed by atoms with Crippen LogP contribution in [0.3, 0.4) is 0 Å². The highest BCUT2D eigenvalue weighted by molar-refractivity contribution is 7.98. The van der Waals surface area contributed by atoms with Gasteiger partial charge in [-0.3, -0.25) is 4.79 Å². The van der Waals surface area contributed by atoms with Crippen molar-refractivity contribution in [3.8, 4) is 0 Å². The monoisotopic (exact) mass is 275 g/mol. The second-order valence-electron chi connectivity index (χ2n) is 4.53. The normalized spacial score (nSPS) is 11.4. The average molecular weight is 275 g/mol. The minimum atomic E-state index is 0.253. The molecule has 5 heteroatoms. The number of ketones is 1. The number of hydrazine groups is 1. The van der Waals surface area contributed by atoms with Crippen LogP contribution in [0.1, 0.15) is 26.7 Å². The quantitative estimate of drug-likeness (QED) is 0.431. The summed E-state index contributed by atoms with van der Waals surface area (Å²) in [4.78, 5) is 10.8. The first-order valence-corrected chi connectivity index (χ1v) is 8.16. The van der Waals surface area contributed by atoms with E-state index < -0.39 is 0 Å². The lowest BCUT2D eigenvalue weighted by molar-refractivity contribution is -0.116. The number of Topliss-reactive ketones (excluding diaryl/α,β-unsaturated/α-hetero) is 1. The topological polar surface area (TPSA) is 35.6 Å². The van der Waals surface area contributed by atoms with Gasteiger partial charge in [0.25, 0.3) is 0 Å². The minimum Gasteiger partial charge on any atom is -0.315 e. The van der Waals surface area contributed by atoms with Gasteiger partial charge in [0.1, 0.15) is 5.78 Å². The molecule has 0 atom stereocenters. The Hall–Kier alpha value is -0.100. The molecule has 0 fully saturated rings. The summed E-state index contributed by atoms with van der Waals surface area (Å²) in [6.45, 7) is 8.80. The van der Waals surface area contributed by atoms with Gasteiger partial charge in [-0.2, -0.15) is 11.8 Å². The van der Waals surface area contributed by atoms with E-state index in [2.05, 4.69) is 35.6 Å². The molecule has 0 radical (unpaired) electrons. The van der Waals surface area contributed by atoms with Crippen LogP contribution in [0.25, 0.3) is 0 Å². The van der Waals surface area contributed by atoms with Gasteiger partial charge in [-0.25, -0.2) is 10.0 Å². The van der Waals surface area contributed by atoms with Crippen LogP contribution >= 0.6 is 11.8 Å².